The molecule has 0 saturated carbocycles. The molecule has 1 aliphatic rings. The zero-order valence-corrected chi connectivity index (χ0v) is 11.3. The topological polar surface area (TPSA) is 41.1 Å². The first-order valence-corrected chi connectivity index (χ1v) is 6.64. The smallest absolute Gasteiger partial charge is 0.325 e. The van der Waals surface area contributed by atoms with E-state index in [-0.39, 0.29) is 22.5 Å². The number of carbonyl (C=O) groups excluding carboxylic acids is 1. The third-order valence-electron chi connectivity index (χ3n) is 3.26. The molecule has 3 nitrogen and oxygen atoms in total. The molecule has 0 unspecified atom stereocenters. The molecule has 1 amide bonds. The predicted octanol–water partition coefficient (Wildman–Crippen LogP) is 3.30. The van der Waals surface area contributed by atoms with Crippen LogP contribution in [0.25, 0.3) is 0 Å². The fourth-order valence-corrected chi connectivity index (χ4v) is 2.28. The molecule has 110 valence electrons. The lowest BCUT2D eigenvalue weighted by Crippen LogP contribution is -2.34. The van der Waals surface area contributed by atoms with Gasteiger partial charge in [-0.25, -0.2) is 0 Å². The number of hydrogen-bond donors (Lipinski definition) is 2. The molecule has 1 aromatic rings. The molecular weight excluding hydrogens is 293 g/mol. The van der Waals surface area contributed by atoms with E-state index in [1.54, 1.807) is 0 Å². The number of halogens is 4. The number of alkyl halides is 3. The monoisotopic (exact) mass is 306 g/mol. The lowest BCUT2D eigenvalue weighted by molar-refractivity contribution is -0.137. The number of nitrogens with one attached hydrogen (secondary N) is 2. The second-order valence-corrected chi connectivity index (χ2v) is 5.11. The van der Waals surface area contributed by atoms with Crippen molar-refractivity contribution >= 4 is 23.2 Å². The van der Waals surface area contributed by atoms with E-state index in [0.29, 0.717) is 12.8 Å². The number of amides is 1. The Balaban J connectivity index is 2.13. The van der Waals surface area contributed by atoms with Crippen molar-refractivity contribution in [3.05, 3.63) is 28.8 Å². The number of carbonyl (C=O) groups is 1. The van der Waals surface area contributed by atoms with Gasteiger partial charge in [0.15, 0.2) is 0 Å². The highest BCUT2D eigenvalue weighted by atomic mass is 35.5. The number of rotatable bonds is 2. The van der Waals surface area contributed by atoms with Crippen molar-refractivity contribution in [2.45, 2.75) is 19.0 Å². The molecule has 1 saturated heterocycles. The molecule has 0 atom stereocenters. The van der Waals surface area contributed by atoms with Gasteiger partial charge >= 0.3 is 6.18 Å². The molecule has 1 fully saturated rings. The molecule has 0 aromatic heterocycles. The van der Waals surface area contributed by atoms with Crippen LogP contribution in [-0.2, 0) is 11.0 Å². The Labute approximate surface area is 119 Å². The Kier molecular flexibility index (Phi) is 4.55. The van der Waals surface area contributed by atoms with Crippen molar-refractivity contribution in [3.63, 3.8) is 0 Å². The number of hydrogen-bond acceptors (Lipinski definition) is 2. The SMILES string of the molecule is O=C(Nc1cc(C(F)(F)F)ccc1Cl)C1CCNCC1. The first kappa shape index (κ1) is 15.1. The van der Waals surface area contributed by atoms with Gasteiger partial charge in [0, 0.05) is 5.92 Å². The van der Waals surface area contributed by atoms with Crippen molar-refractivity contribution in [3.8, 4) is 0 Å². The van der Waals surface area contributed by atoms with Crippen LogP contribution in [0.4, 0.5) is 18.9 Å². The molecule has 7 heteroatoms. The van der Waals surface area contributed by atoms with Crippen LogP contribution in [-0.4, -0.2) is 19.0 Å². The van der Waals surface area contributed by atoms with Crippen LogP contribution in [0, 0.1) is 5.92 Å². The van der Waals surface area contributed by atoms with Crippen molar-refractivity contribution < 1.29 is 18.0 Å². The summed E-state index contributed by atoms with van der Waals surface area (Å²) in [5.74, 6) is -0.477. The normalized spacial score (nSPS) is 17.0. The Hall–Kier alpha value is -1.27. The summed E-state index contributed by atoms with van der Waals surface area (Å²) < 4.78 is 37.9. The van der Waals surface area contributed by atoms with Crippen LogP contribution >= 0.6 is 11.6 Å². The third-order valence-corrected chi connectivity index (χ3v) is 3.59. The van der Waals surface area contributed by atoms with Crippen molar-refractivity contribution in [1.82, 2.24) is 5.32 Å². The van der Waals surface area contributed by atoms with Crippen LogP contribution in [0.1, 0.15) is 18.4 Å². The Morgan fingerprint density at radius 3 is 2.55 bits per heavy atom. The zero-order valence-electron chi connectivity index (χ0n) is 10.6. The van der Waals surface area contributed by atoms with E-state index in [4.69, 9.17) is 11.6 Å². The average Bonchev–Trinajstić information content (AvgIpc) is 2.41. The summed E-state index contributed by atoms with van der Waals surface area (Å²) >= 11 is 5.83. The van der Waals surface area contributed by atoms with Gasteiger partial charge in [-0.15, -0.1) is 0 Å². The first-order valence-electron chi connectivity index (χ1n) is 6.26. The molecule has 0 bridgehead atoms. The lowest BCUT2D eigenvalue weighted by Gasteiger charge is -2.22. The number of benzene rings is 1. The molecular formula is C13H14ClF3N2O. The Bertz CT molecular complexity index is 499. The van der Waals surface area contributed by atoms with Gasteiger partial charge in [0.1, 0.15) is 0 Å². The molecule has 20 heavy (non-hydrogen) atoms. The standard InChI is InChI=1S/C13H14ClF3N2O/c14-10-2-1-9(13(15,16)17)7-11(10)19-12(20)8-3-5-18-6-4-8/h1-2,7-8,18H,3-6H2,(H,19,20). The molecule has 0 aliphatic carbocycles. The van der Waals surface area contributed by atoms with Crippen LogP contribution in [0.15, 0.2) is 18.2 Å². The lowest BCUT2D eigenvalue weighted by atomic mass is 9.97. The maximum atomic E-state index is 12.6. The van der Waals surface area contributed by atoms with E-state index in [2.05, 4.69) is 10.6 Å². The Morgan fingerprint density at radius 2 is 1.95 bits per heavy atom. The summed E-state index contributed by atoms with van der Waals surface area (Å²) in [6.07, 6.45) is -3.12. The molecule has 1 aliphatic heterocycles. The van der Waals surface area contributed by atoms with E-state index in [1.807, 2.05) is 0 Å². The summed E-state index contributed by atoms with van der Waals surface area (Å²) in [6, 6.07) is 2.90. The minimum Gasteiger partial charge on any atom is -0.325 e. The van der Waals surface area contributed by atoms with E-state index >= 15 is 0 Å². The van der Waals surface area contributed by atoms with Crippen molar-refractivity contribution in [2.24, 2.45) is 5.92 Å². The van der Waals surface area contributed by atoms with Crippen molar-refractivity contribution in [1.29, 1.82) is 0 Å². The van der Waals surface area contributed by atoms with Gasteiger partial charge in [-0.2, -0.15) is 13.2 Å². The number of piperidine rings is 1. The highest BCUT2D eigenvalue weighted by molar-refractivity contribution is 6.33. The Morgan fingerprint density at radius 1 is 1.30 bits per heavy atom. The largest absolute Gasteiger partial charge is 0.416 e. The van der Waals surface area contributed by atoms with Gasteiger partial charge in [-0.3, -0.25) is 4.79 Å². The predicted molar refractivity (Wildman–Crippen MR) is 70.7 cm³/mol. The fourth-order valence-electron chi connectivity index (χ4n) is 2.12. The summed E-state index contributed by atoms with van der Waals surface area (Å²) in [5.41, 5.74) is -0.826. The van der Waals surface area contributed by atoms with Crippen LogP contribution < -0.4 is 10.6 Å². The van der Waals surface area contributed by atoms with Gasteiger partial charge in [0.25, 0.3) is 0 Å². The summed E-state index contributed by atoms with van der Waals surface area (Å²) in [6.45, 7) is 1.46. The van der Waals surface area contributed by atoms with Crippen molar-refractivity contribution in [2.75, 3.05) is 18.4 Å². The molecule has 1 aromatic carbocycles. The first-order chi connectivity index (χ1) is 9.38. The summed E-state index contributed by atoms with van der Waals surface area (Å²) in [4.78, 5) is 12.0. The maximum absolute atomic E-state index is 12.6. The quantitative estimate of drug-likeness (QED) is 0.880. The maximum Gasteiger partial charge on any atom is 0.416 e. The minimum absolute atomic E-state index is 0.00465. The zero-order chi connectivity index (χ0) is 14.8. The second-order valence-electron chi connectivity index (χ2n) is 4.71. The van der Waals surface area contributed by atoms with Crippen LogP contribution in [0.2, 0.25) is 5.02 Å². The highest BCUT2D eigenvalue weighted by Gasteiger charge is 2.31. The second kappa shape index (κ2) is 6.01. The molecule has 2 N–H and O–H groups in total. The van der Waals surface area contributed by atoms with Gasteiger partial charge in [0.2, 0.25) is 5.91 Å². The van der Waals surface area contributed by atoms with E-state index < -0.39 is 11.7 Å². The van der Waals surface area contributed by atoms with Gasteiger partial charge < -0.3 is 10.6 Å². The van der Waals surface area contributed by atoms with E-state index in [9.17, 15) is 18.0 Å². The third kappa shape index (κ3) is 3.64. The fraction of sp³-hybridized carbons (Fsp3) is 0.462. The van der Waals surface area contributed by atoms with E-state index in [1.165, 1.54) is 0 Å². The van der Waals surface area contributed by atoms with Gasteiger partial charge in [-0.05, 0) is 44.1 Å². The summed E-state index contributed by atoms with van der Waals surface area (Å²) in [5, 5.41) is 5.71. The molecule has 0 spiro atoms. The molecule has 2 rings (SSSR count). The summed E-state index contributed by atoms with van der Waals surface area (Å²) in [7, 11) is 0. The number of anilines is 1. The molecule has 1 heterocycles. The highest BCUT2D eigenvalue weighted by Crippen LogP contribution is 2.34. The van der Waals surface area contributed by atoms with E-state index in [0.717, 1.165) is 31.3 Å². The van der Waals surface area contributed by atoms with Crippen LogP contribution in [0.5, 0.6) is 0 Å². The minimum atomic E-state index is -4.46. The average molecular weight is 307 g/mol. The van der Waals surface area contributed by atoms with Gasteiger partial charge in [-0.1, -0.05) is 11.6 Å². The van der Waals surface area contributed by atoms with Crippen LogP contribution in [0.3, 0.4) is 0 Å². The molecule has 0 radical (unpaired) electrons. The van der Waals surface area contributed by atoms with Gasteiger partial charge in [0.05, 0.1) is 16.3 Å².